The van der Waals surface area contributed by atoms with Crippen molar-refractivity contribution < 1.29 is 28.6 Å². The van der Waals surface area contributed by atoms with Crippen LogP contribution in [0.1, 0.15) is 6.42 Å². The number of hydrogen-bond acceptors (Lipinski definition) is 7. The number of imide groups is 1. The zero-order valence-electron chi connectivity index (χ0n) is 15.9. The first kappa shape index (κ1) is 18.6. The molecule has 0 aliphatic carbocycles. The summed E-state index contributed by atoms with van der Waals surface area (Å²) in [5.74, 6) is 0.530. The van der Waals surface area contributed by atoms with E-state index in [0.717, 1.165) is 4.90 Å². The first-order valence-corrected chi connectivity index (χ1v) is 8.92. The molecule has 1 saturated heterocycles. The van der Waals surface area contributed by atoms with Crippen molar-refractivity contribution in [1.29, 1.82) is 0 Å². The third-order valence-corrected chi connectivity index (χ3v) is 4.73. The summed E-state index contributed by atoms with van der Waals surface area (Å²) in [5.41, 5.74) is 1.52. The van der Waals surface area contributed by atoms with Crippen LogP contribution in [0, 0.1) is 0 Å². The zero-order chi connectivity index (χ0) is 20.5. The minimum absolute atomic E-state index is 0.00707. The Morgan fingerprint density at radius 3 is 2.62 bits per heavy atom. The molecule has 29 heavy (non-hydrogen) atoms. The number of nitrogens with zero attached hydrogens (tertiary/aromatic N) is 1. The van der Waals surface area contributed by atoms with Crippen molar-refractivity contribution >= 4 is 34.8 Å². The fourth-order valence-electron chi connectivity index (χ4n) is 3.35. The van der Waals surface area contributed by atoms with Crippen LogP contribution in [0.5, 0.6) is 17.2 Å². The summed E-state index contributed by atoms with van der Waals surface area (Å²) in [7, 11) is 2.99. The molecule has 2 aliphatic heterocycles. The molecular formula is C20H19N3O6. The summed E-state index contributed by atoms with van der Waals surface area (Å²) in [6, 6.07) is 9.23. The van der Waals surface area contributed by atoms with Crippen LogP contribution in [0.4, 0.5) is 17.1 Å². The van der Waals surface area contributed by atoms with Crippen molar-refractivity contribution in [3.05, 3.63) is 36.4 Å². The quantitative estimate of drug-likeness (QED) is 0.741. The van der Waals surface area contributed by atoms with E-state index < -0.39 is 6.04 Å². The van der Waals surface area contributed by atoms with Crippen LogP contribution < -0.4 is 29.7 Å². The fraction of sp³-hybridized carbons (Fsp3) is 0.250. The van der Waals surface area contributed by atoms with Gasteiger partial charge in [-0.1, -0.05) is 0 Å². The molecule has 4 rings (SSSR count). The molecule has 2 aromatic rings. The normalized spacial score (nSPS) is 18.1. The van der Waals surface area contributed by atoms with Crippen molar-refractivity contribution in [2.75, 3.05) is 36.4 Å². The summed E-state index contributed by atoms with van der Waals surface area (Å²) < 4.78 is 15.8. The first-order chi connectivity index (χ1) is 14.0. The van der Waals surface area contributed by atoms with E-state index in [4.69, 9.17) is 14.2 Å². The maximum atomic E-state index is 12.9. The molecule has 2 aromatic carbocycles. The molecule has 0 saturated carbocycles. The second kappa shape index (κ2) is 7.34. The van der Waals surface area contributed by atoms with Gasteiger partial charge in [0.15, 0.2) is 18.1 Å². The Balaban J connectivity index is 1.54. The number of ether oxygens (including phenoxy) is 3. The molecule has 0 bridgehead atoms. The van der Waals surface area contributed by atoms with Crippen LogP contribution in [-0.2, 0) is 14.4 Å². The van der Waals surface area contributed by atoms with Gasteiger partial charge >= 0.3 is 0 Å². The number of carbonyl (C=O) groups is 3. The molecule has 9 heteroatoms. The molecule has 0 unspecified atom stereocenters. The number of fused-ring (bicyclic) bond motifs is 1. The number of amides is 3. The van der Waals surface area contributed by atoms with E-state index >= 15 is 0 Å². The highest BCUT2D eigenvalue weighted by Gasteiger charge is 2.40. The molecule has 1 atom stereocenters. The summed E-state index contributed by atoms with van der Waals surface area (Å²) >= 11 is 0. The average Bonchev–Trinajstić information content (AvgIpc) is 3.00. The minimum atomic E-state index is -0.728. The van der Waals surface area contributed by atoms with Crippen molar-refractivity contribution in [2.24, 2.45) is 0 Å². The van der Waals surface area contributed by atoms with E-state index in [9.17, 15) is 14.4 Å². The van der Waals surface area contributed by atoms with Crippen LogP contribution in [0.3, 0.4) is 0 Å². The highest BCUT2D eigenvalue weighted by Crippen LogP contribution is 2.35. The van der Waals surface area contributed by atoms with Gasteiger partial charge in [0.25, 0.3) is 11.8 Å². The highest BCUT2D eigenvalue weighted by atomic mass is 16.5. The summed E-state index contributed by atoms with van der Waals surface area (Å²) in [5, 5.41) is 5.77. The molecular weight excluding hydrogens is 378 g/mol. The summed E-state index contributed by atoms with van der Waals surface area (Å²) in [6.45, 7) is -0.0321. The lowest BCUT2D eigenvalue weighted by molar-refractivity contribution is -0.121. The van der Waals surface area contributed by atoms with Crippen molar-refractivity contribution in [3.8, 4) is 17.2 Å². The molecule has 2 heterocycles. The summed E-state index contributed by atoms with van der Waals surface area (Å²) in [4.78, 5) is 38.0. The molecule has 0 spiro atoms. The van der Waals surface area contributed by atoms with Gasteiger partial charge in [-0.3, -0.25) is 14.4 Å². The Morgan fingerprint density at radius 2 is 1.86 bits per heavy atom. The van der Waals surface area contributed by atoms with E-state index in [0.29, 0.717) is 34.3 Å². The average molecular weight is 397 g/mol. The van der Waals surface area contributed by atoms with E-state index in [-0.39, 0.29) is 30.7 Å². The van der Waals surface area contributed by atoms with Gasteiger partial charge in [0, 0.05) is 11.8 Å². The number of hydrogen-bond donors (Lipinski definition) is 2. The number of benzene rings is 2. The molecule has 150 valence electrons. The highest BCUT2D eigenvalue weighted by molar-refractivity contribution is 6.23. The third kappa shape index (κ3) is 3.42. The molecule has 3 amide bonds. The van der Waals surface area contributed by atoms with Gasteiger partial charge in [-0.15, -0.1) is 0 Å². The Labute approximate surface area is 166 Å². The lowest BCUT2D eigenvalue weighted by atomic mass is 10.2. The van der Waals surface area contributed by atoms with E-state index in [1.807, 2.05) is 0 Å². The van der Waals surface area contributed by atoms with Crippen LogP contribution in [0.25, 0.3) is 0 Å². The largest absolute Gasteiger partial charge is 0.493 e. The predicted octanol–water partition coefficient (Wildman–Crippen LogP) is 1.78. The van der Waals surface area contributed by atoms with Crippen molar-refractivity contribution in [2.45, 2.75) is 12.5 Å². The molecule has 1 fully saturated rings. The Bertz CT molecular complexity index is 1010. The first-order valence-electron chi connectivity index (χ1n) is 8.92. The zero-order valence-corrected chi connectivity index (χ0v) is 15.9. The second-order valence-corrected chi connectivity index (χ2v) is 6.56. The maximum absolute atomic E-state index is 12.9. The van der Waals surface area contributed by atoms with Gasteiger partial charge < -0.3 is 24.8 Å². The second-order valence-electron chi connectivity index (χ2n) is 6.56. The van der Waals surface area contributed by atoms with Crippen LogP contribution >= 0.6 is 0 Å². The van der Waals surface area contributed by atoms with E-state index in [1.54, 1.807) is 36.4 Å². The molecule has 2 N–H and O–H groups in total. The van der Waals surface area contributed by atoms with Crippen LogP contribution in [0.2, 0.25) is 0 Å². The van der Waals surface area contributed by atoms with Crippen molar-refractivity contribution in [3.63, 3.8) is 0 Å². The standard InChI is InChI=1S/C20H19N3O6/c1-27-16-6-4-12(8-17(16)28-2)23-19(25)9-14(20(23)26)21-11-3-5-15-13(7-11)22-18(24)10-29-15/h3-8,14,21H,9-10H2,1-2H3,(H,22,24)/t14-/m1/s1. The van der Waals surface area contributed by atoms with Crippen molar-refractivity contribution in [1.82, 2.24) is 0 Å². The van der Waals surface area contributed by atoms with Gasteiger partial charge in [-0.25, -0.2) is 4.90 Å². The van der Waals surface area contributed by atoms with Gasteiger partial charge in [-0.2, -0.15) is 0 Å². The van der Waals surface area contributed by atoms with Gasteiger partial charge in [0.05, 0.1) is 32.0 Å². The summed E-state index contributed by atoms with van der Waals surface area (Å²) in [6.07, 6.45) is 0.00707. The number of anilines is 3. The van der Waals surface area contributed by atoms with Gasteiger partial charge in [0.1, 0.15) is 11.8 Å². The van der Waals surface area contributed by atoms with E-state index in [2.05, 4.69) is 10.6 Å². The molecule has 0 aromatic heterocycles. The topological polar surface area (TPSA) is 106 Å². The number of carbonyl (C=O) groups excluding carboxylic acids is 3. The SMILES string of the molecule is COc1ccc(N2C(=O)C[C@@H](Nc3ccc4c(c3)NC(=O)CO4)C2=O)cc1OC. The minimum Gasteiger partial charge on any atom is -0.493 e. The monoisotopic (exact) mass is 397 g/mol. The number of rotatable bonds is 5. The Morgan fingerprint density at radius 1 is 1.07 bits per heavy atom. The molecule has 0 radical (unpaired) electrons. The lowest BCUT2D eigenvalue weighted by Crippen LogP contribution is -2.34. The predicted molar refractivity (Wildman–Crippen MR) is 105 cm³/mol. The van der Waals surface area contributed by atoms with Gasteiger partial charge in [-0.05, 0) is 30.3 Å². The molecule has 2 aliphatic rings. The number of nitrogens with one attached hydrogen (secondary N) is 2. The van der Waals surface area contributed by atoms with Crippen LogP contribution in [0.15, 0.2) is 36.4 Å². The Hall–Kier alpha value is -3.75. The lowest BCUT2D eigenvalue weighted by Gasteiger charge is -2.20. The van der Waals surface area contributed by atoms with E-state index in [1.165, 1.54) is 14.2 Å². The number of methoxy groups -OCH3 is 2. The van der Waals surface area contributed by atoms with Gasteiger partial charge in [0.2, 0.25) is 5.91 Å². The van der Waals surface area contributed by atoms with Crippen LogP contribution in [-0.4, -0.2) is 44.6 Å². The fourth-order valence-corrected chi connectivity index (χ4v) is 3.35. The smallest absolute Gasteiger partial charge is 0.262 e. The molecule has 9 nitrogen and oxygen atoms in total. The Kier molecular flexibility index (Phi) is 4.71. The third-order valence-electron chi connectivity index (χ3n) is 4.73. The maximum Gasteiger partial charge on any atom is 0.262 e.